The van der Waals surface area contributed by atoms with Crippen LogP contribution in [0, 0.1) is 24.5 Å². The van der Waals surface area contributed by atoms with E-state index in [4.69, 9.17) is 19.9 Å². The molecule has 8 nitrogen and oxygen atoms in total. The molecular weight excluding hydrogens is 556 g/mol. The Hall–Kier alpha value is -4.71. The zero-order chi connectivity index (χ0) is 29.5. The fourth-order valence-corrected chi connectivity index (χ4v) is 5.03. The first-order valence-corrected chi connectivity index (χ1v) is 13.0. The number of alkyl halides is 2. The molecule has 1 saturated heterocycles. The summed E-state index contributed by atoms with van der Waals surface area (Å²) in [6.07, 6.45) is 5.17. The lowest BCUT2D eigenvalue weighted by Crippen LogP contribution is -2.29. The summed E-state index contributed by atoms with van der Waals surface area (Å²) in [4.78, 5) is 17.6. The molecule has 0 bridgehead atoms. The smallest absolute Gasteiger partial charge is 0.387 e. The van der Waals surface area contributed by atoms with Gasteiger partial charge in [-0.1, -0.05) is 12.1 Å². The van der Waals surface area contributed by atoms with Crippen LogP contribution in [0.15, 0.2) is 54.4 Å². The normalized spacial score (nSPS) is 14.5. The molecule has 0 atom stereocenters. The van der Waals surface area contributed by atoms with Crippen molar-refractivity contribution in [3.05, 3.63) is 93.8 Å². The highest BCUT2D eigenvalue weighted by atomic mass is 19.3. The van der Waals surface area contributed by atoms with Crippen molar-refractivity contribution in [3.63, 3.8) is 0 Å². The van der Waals surface area contributed by atoms with Crippen molar-refractivity contribution in [2.75, 3.05) is 18.9 Å². The van der Waals surface area contributed by atoms with Crippen LogP contribution in [0.5, 0.6) is 17.4 Å². The number of aryl methyl sites for hydroxylation is 1. The van der Waals surface area contributed by atoms with Crippen LogP contribution in [0.1, 0.15) is 32.6 Å². The van der Waals surface area contributed by atoms with Crippen molar-refractivity contribution in [2.24, 2.45) is 5.92 Å². The standard InChI is InChI=1S/C30H24F4N4O4/c1-15-5-26(42-28-22(31)3-2-4-23(28)32)36-12-24(15)38-29(35)21(11-37-38)27(39)20-8-17-7-19(6-16-13-40-14-16)25(41-30(33)34)10-18(17)9-20/h2-5,7,9-12,16,30H,6,8,13-14,35H2,1H3. The zero-order valence-electron chi connectivity index (χ0n) is 22.2. The Morgan fingerprint density at radius 3 is 2.60 bits per heavy atom. The van der Waals surface area contributed by atoms with Gasteiger partial charge in [0, 0.05) is 24.0 Å². The molecule has 0 saturated carbocycles. The summed E-state index contributed by atoms with van der Waals surface area (Å²) in [6.45, 7) is -0.153. The Balaban J connectivity index is 1.23. The topological polar surface area (TPSA) is 101 Å². The minimum Gasteiger partial charge on any atom is -0.435 e. The molecule has 2 aliphatic rings. The van der Waals surface area contributed by atoms with Crippen molar-refractivity contribution in [1.82, 2.24) is 14.8 Å². The number of benzene rings is 2. The van der Waals surface area contributed by atoms with E-state index in [0.717, 1.165) is 17.7 Å². The van der Waals surface area contributed by atoms with Crippen molar-refractivity contribution in [3.8, 4) is 23.1 Å². The number of rotatable bonds is 9. The number of ether oxygens (including phenoxy) is 3. The predicted molar refractivity (Wildman–Crippen MR) is 144 cm³/mol. The first-order chi connectivity index (χ1) is 20.2. The van der Waals surface area contributed by atoms with E-state index in [2.05, 4.69) is 10.1 Å². The molecule has 0 spiro atoms. The summed E-state index contributed by atoms with van der Waals surface area (Å²) in [5.41, 5.74) is 9.99. The molecular formula is C30H24F4N4O4. The van der Waals surface area contributed by atoms with E-state index in [1.165, 1.54) is 35.3 Å². The highest BCUT2D eigenvalue weighted by Crippen LogP contribution is 2.36. The van der Waals surface area contributed by atoms with Gasteiger partial charge in [-0.15, -0.1) is 0 Å². The lowest BCUT2D eigenvalue weighted by Gasteiger charge is -2.27. The van der Waals surface area contributed by atoms with Crippen LogP contribution in [0.25, 0.3) is 11.8 Å². The van der Waals surface area contributed by atoms with Crippen molar-refractivity contribution in [2.45, 2.75) is 26.4 Å². The van der Waals surface area contributed by atoms with Crippen LogP contribution in [-0.4, -0.2) is 40.4 Å². The number of ketones is 1. The maximum Gasteiger partial charge on any atom is 0.387 e. The van der Waals surface area contributed by atoms with Crippen LogP contribution in [0.3, 0.4) is 0 Å². The second-order valence-electron chi connectivity index (χ2n) is 10.1. The second kappa shape index (κ2) is 10.9. The summed E-state index contributed by atoms with van der Waals surface area (Å²) in [6, 6.07) is 8.17. The highest BCUT2D eigenvalue weighted by molar-refractivity contribution is 6.15. The van der Waals surface area contributed by atoms with Gasteiger partial charge in [0.25, 0.3) is 0 Å². The molecule has 4 aromatic rings. The van der Waals surface area contributed by atoms with E-state index < -0.39 is 24.0 Å². The molecule has 2 aromatic carbocycles. The number of fused-ring (bicyclic) bond motifs is 1. The van der Waals surface area contributed by atoms with E-state index >= 15 is 0 Å². The van der Waals surface area contributed by atoms with Gasteiger partial charge in [-0.2, -0.15) is 13.9 Å². The number of anilines is 1. The van der Waals surface area contributed by atoms with E-state index in [-0.39, 0.29) is 34.7 Å². The number of carbonyl (C=O) groups is 1. The number of halogens is 4. The van der Waals surface area contributed by atoms with Gasteiger partial charge in [0.1, 0.15) is 11.6 Å². The Morgan fingerprint density at radius 1 is 1.17 bits per heavy atom. The Labute approximate surface area is 237 Å². The van der Waals surface area contributed by atoms with Gasteiger partial charge in [0.2, 0.25) is 11.6 Å². The average Bonchev–Trinajstić information content (AvgIpc) is 3.51. The maximum absolute atomic E-state index is 14.0. The van der Waals surface area contributed by atoms with Crippen molar-refractivity contribution < 1.29 is 36.6 Å². The van der Waals surface area contributed by atoms with Crippen molar-refractivity contribution in [1.29, 1.82) is 0 Å². The molecule has 12 heteroatoms. The van der Waals surface area contributed by atoms with Gasteiger partial charge < -0.3 is 19.9 Å². The molecule has 1 aliphatic heterocycles. The fourth-order valence-electron chi connectivity index (χ4n) is 5.03. The number of carbonyl (C=O) groups excluding carboxylic acids is 1. The Morgan fingerprint density at radius 2 is 1.93 bits per heavy atom. The number of allylic oxidation sites excluding steroid dienone is 1. The number of nitrogen functional groups attached to an aromatic ring is 1. The first-order valence-electron chi connectivity index (χ1n) is 13.0. The Kier molecular flexibility index (Phi) is 7.15. The van der Waals surface area contributed by atoms with Crippen LogP contribution in [0.4, 0.5) is 23.4 Å². The average molecular weight is 581 g/mol. The van der Waals surface area contributed by atoms with Gasteiger partial charge in [0.15, 0.2) is 17.4 Å². The molecule has 0 amide bonds. The van der Waals surface area contributed by atoms with Gasteiger partial charge in [0.05, 0.1) is 36.9 Å². The molecule has 6 rings (SSSR count). The van der Waals surface area contributed by atoms with Crippen LogP contribution in [0.2, 0.25) is 0 Å². The Bertz CT molecular complexity index is 1710. The third kappa shape index (κ3) is 5.20. The zero-order valence-corrected chi connectivity index (χ0v) is 22.2. The maximum atomic E-state index is 14.0. The number of hydrogen-bond donors (Lipinski definition) is 1. The number of para-hydroxylation sites is 1. The largest absolute Gasteiger partial charge is 0.435 e. The summed E-state index contributed by atoms with van der Waals surface area (Å²) in [5.74, 6) is -2.36. The van der Waals surface area contributed by atoms with Gasteiger partial charge in [-0.05, 0) is 59.9 Å². The molecule has 216 valence electrons. The van der Waals surface area contributed by atoms with Crippen LogP contribution < -0.4 is 15.2 Å². The molecule has 1 fully saturated rings. The van der Waals surface area contributed by atoms with Crippen LogP contribution in [-0.2, 0) is 17.6 Å². The number of nitrogens with zero attached hydrogens (tertiary/aromatic N) is 3. The lowest BCUT2D eigenvalue weighted by molar-refractivity contribution is -0.0524. The van der Waals surface area contributed by atoms with Gasteiger partial charge in [-0.25, -0.2) is 18.4 Å². The van der Waals surface area contributed by atoms with E-state index in [1.54, 1.807) is 19.1 Å². The van der Waals surface area contributed by atoms with E-state index in [1.807, 2.05) is 0 Å². The third-order valence-corrected chi connectivity index (χ3v) is 7.22. The number of aromatic nitrogens is 3. The van der Waals surface area contributed by atoms with E-state index in [9.17, 15) is 22.4 Å². The van der Waals surface area contributed by atoms with E-state index in [0.29, 0.717) is 54.0 Å². The quantitative estimate of drug-likeness (QED) is 0.196. The number of nitrogens with two attached hydrogens (primary N) is 1. The van der Waals surface area contributed by atoms with Crippen molar-refractivity contribution >= 4 is 17.7 Å². The fraction of sp³-hybridized carbons (Fsp3) is 0.233. The SMILES string of the molecule is Cc1cc(Oc2c(F)cccc2F)ncc1-n1ncc(C(=O)C2=Cc3cc(OC(F)F)c(CC4COC4)cc3C2)c1N. The number of pyridine rings is 1. The lowest BCUT2D eigenvalue weighted by atomic mass is 9.94. The minimum atomic E-state index is -2.98. The summed E-state index contributed by atoms with van der Waals surface area (Å²) >= 11 is 0. The molecule has 42 heavy (non-hydrogen) atoms. The highest BCUT2D eigenvalue weighted by Gasteiger charge is 2.28. The summed E-state index contributed by atoms with van der Waals surface area (Å²) < 4.78 is 70.8. The predicted octanol–water partition coefficient (Wildman–Crippen LogP) is 5.84. The number of hydrogen-bond acceptors (Lipinski definition) is 7. The molecule has 0 unspecified atom stereocenters. The monoisotopic (exact) mass is 580 g/mol. The molecule has 3 heterocycles. The molecule has 2 aromatic heterocycles. The second-order valence-corrected chi connectivity index (χ2v) is 10.1. The summed E-state index contributed by atoms with van der Waals surface area (Å²) in [5, 5.41) is 4.27. The molecule has 2 N–H and O–H groups in total. The third-order valence-electron chi connectivity index (χ3n) is 7.22. The number of Topliss-reactive ketones (excluding diaryl/α,β-unsaturated/α-hetero) is 1. The molecule has 0 radical (unpaired) electrons. The minimum absolute atomic E-state index is 0.0458. The van der Waals surface area contributed by atoms with Gasteiger partial charge in [-0.3, -0.25) is 4.79 Å². The summed E-state index contributed by atoms with van der Waals surface area (Å²) in [7, 11) is 0. The molecule has 1 aliphatic carbocycles. The van der Waals surface area contributed by atoms with Crippen LogP contribution >= 0.6 is 0 Å². The van der Waals surface area contributed by atoms with Gasteiger partial charge >= 0.3 is 6.61 Å². The first kappa shape index (κ1) is 27.5.